The van der Waals surface area contributed by atoms with Crippen molar-refractivity contribution in [2.45, 2.75) is 20.3 Å². The minimum absolute atomic E-state index is 0.00940. The van der Waals surface area contributed by atoms with Crippen LogP contribution in [-0.4, -0.2) is 5.78 Å². The van der Waals surface area contributed by atoms with Gasteiger partial charge < -0.3 is 0 Å². The second-order valence-corrected chi connectivity index (χ2v) is 3.26. The van der Waals surface area contributed by atoms with Crippen molar-refractivity contribution in [1.29, 1.82) is 0 Å². The lowest BCUT2D eigenvalue weighted by Gasteiger charge is -2.05. The van der Waals surface area contributed by atoms with E-state index in [2.05, 4.69) is 11.8 Å². The molecule has 0 N–H and O–H groups in total. The highest BCUT2D eigenvalue weighted by molar-refractivity contribution is 5.97. The van der Waals surface area contributed by atoms with Crippen LogP contribution < -0.4 is 0 Å². The zero-order valence-corrected chi connectivity index (χ0v) is 8.58. The number of hydrogen-bond donors (Lipinski definition) is 0. The molecule has 1 nitrogen and oxygen atoms in total. The number of carbonyl (C=O) groups is 1. The molecule has 0 fully saturated rings. The van der Waals surface area contributed by atoms with Gasteiger partial charge in [0.05, 0.1) is 0 Å². The molecule has 1 aromatic rings. The first-order chi connectivity index (χ1) is 6.75. The van der Waals surface area contributed by atoms with E-state index in [4.69, 9.17) is 0 Å². The molecule has 14 heavy (non-hydrogen) atoms. The molecule has 1 heteroatoms. The highest BCUT2D eigenvalue weighted by atomic mass is 16.1. The third-order valence-corrected chi connectivity index (χ3v) is 2.09. The normalized spacial score (nSPS) is 11.3. The Morgan fingerprint density at radius 2 is 2.00 bits per heavy atom. The molecular formula is C13H14O. The van der Waals surface area contributed by atoms with Crippen molar-refractivity contribution < 1.29 is 4.79 Å². The molecule has 1 aromatic carbocycles. The van der Waals surface area contributed by atoms with E-state index >= 15 is 0 Å². The Hall–Kier alpha value is -1.55. The quantitative estimate of drug-likeness (QED) is 0.524. The fourth-order valence-corrected chi connectivity index (χ4v) is 1.23. The van der Waals surface area contributed by atoms with Crippen LogP contribution in [0.5, 0.6) is 0 Å². The summed E-state index contributed by atoms with van der Waals surface area (Å²) >= 11 is 0. The fourth-order valence-electron chi connectivity index (χ4n) is 1.23. The Labute approximate surface area is 85.1 Å². The van der Waals surface area contributed by atoms with E-state index in [-0.39, 0.29) is 11.7 Å². The van der Waals surface area contributed by atoms with E-state index < -0.39 is 0 Å². The van der Waals surface area contributed by atoms with Gasteiger partial charge in [0.25, 0.3) is 0 Å². The molecule has 0 aliphatic rings. The maximum absolute atomic E-state index is 11.8. The zero-order valence-electron chi connectivity index (χ0n) is 8.58. The number of carbonyl (C=O) groups excluding carboxylic acids is 1. The SMILES string of the molecule is CC#CCC(C)C(=O)c1ccccc1. The van der Waals surface area contributed by atoms with Gasteiger partial charge in [-0.25, -0.2) is 0 Å². The summed E-state index contributed by atoms with van der Waals surface area (Å²) < 4.78 is 0. The third-order valence-electron chi connectivity index (χ3n) is 2.09. The summed E-state index contributed by atoms with van der Waals surface area (Å²) in [7, 11) is 0. The third kappa shape index (κ3) is 2.74. The highest BCUT2D eigenvalue weighted by Gasteiger charge is 2.12. The summed E-state index contributed by atoms with van der Waals surface area (Å²) in [5.41, 5.74) is 0.776. The van der Waals surface area contributed by atoms with Gasteiger partial charge in [-0.05, 0) is 6.92 Å². The molecule has 0 aromatic heterocycles. The van der Waals surface area contributed by atoms with E-state index in [1.54, 1.807) is 6.92 Å². The predicted molar refractivity (Wildman–Crippen MR) is 58.0 cm³/mol. The zero-order chi connectivity index (χ0) is 10.4. The summed E-state index contributed by atoms with van der Waals surface area (Å²) in [5.74, 6) is 5.90. The molecule has 0 saturated carbocycles. The Kier molecular flexibility index (Phi) is 3.94. The first-order valence-electron chi connectivity index (χ1n) is 4.74. The first-order valence-corrected chi connectivity index (χ1v) is 4.74. The lowest BCUT2D eigenvalue weighted by atomic mass is 9.97. The molecule has 1 rings (SSSR count). The van der Waals surface area contributed by atoms with Gasteiger partial charge in [-0.15, -0.1) is 11.8 Å². The monoisotopic (exact) mass is 186 g/mol. The van der Waals surface area contributed by atoms with Crippen LogP contribution in [0.2, 0.25) is 0 Å². The molecule has 72 valence electrons. The van der Waals surface area contributed by atoms with Crippen molar-refractivity contribution in [2.24, 2.45) is 5.92 Å². The molecule has 1 atom stereocenters. The molecule has 0 radical (unpaired) electrons. The minimum atomic E-state index is -0.00940. The van der Waals surface area contributed by atoms with E-state index in [1.165, 1.54) is 0 Å². The average Bonchev–Trinajstić information content (AvgIpc) is 2.26. The molecule has 1 unspecified atom stereocenters. The van der Waals surface area contributed by atoms with Crippen LogP contribution in [-0.2, 0) is 0 Å². The highest BCUT2D eigenvalue weighted by Crippen LogP contribution is 2.10. The van der Waals surface area contributed by atoms with Crippen LogP contribution in [0.25, 0.3) is 0 Å². The van der Waals surface area contributed by atoms with E-state index in [0.29, 0.717) is 6.42 Å². The topological polar surface area (TPSA) is 17.1 Å². The summed E-state index contributed by atoms with van der Waals surface area (Å²) in [6.45, 7) is 3.71. The van der Waals surface area contributed by atoms with Gasteiger partial charge >= 0.3 is 0 Å². The Morgan fingerprint density at radius 3 is 2.57 bits per heavy atom. The smallest absolute Gasteiger partial charge is 0.166 e. The Bertz CT molecular complexity index is 354. The van der Waals surface area contributed by atoms with Gasteiger partial charge in [-0.2, -0.15) is 0 Å². The molecule has 0 bridgehead atoms. The summed E-state index contributed by atoms with van der Waals surface area (Å²) in [4.78, 5) is 11.8. The van der Waals surface area contributed by atoms with Gasteiger partial charge in [0.15, 0.2) is 5.78 Å². The van der Waals surface area contributed by atoms with Crippen LogP contribution in [0, 0.1) is 17.8 Å². The molecule has 0 aliphatic carbocycles. The maximum Gasteiger partial charge on any atom is 0.166 e. The Morgan fingerprint density at radius 1 is 1.36 bits per heavy atom. The van der Waals surface area contributed by atoms with Crippen molar-refractivity contribution in [3.8, 4) is 11.8 Å². The lowest BCUT2D eigenvalue weighted by molar-refractivity contribution is 0.0932. The standard InChI is InChI=1S/C13H14O/c1-3-4-8-11(2)13(14)12-9-6-5-7-10-12/h5-7,9-11H,8H2,1-2H3. The average molecular weight is 186 g/mol. The van der Waals surface area contributed by atoms with Crippen molar-refractivity contribution in [1.82, 2.24) is 0 Å². The van der Waals surface area contributed by atoms with E-state index in [0.717, 1.165) is 5.56 Å². The molecule has 0 aliphatic heterocycles. The van der Waals surface area contributed by atoms with Crippen LogP contribution in [0.3, 0.4) is 0 Å². The largest absolute Gasteiger partial charge is 0.294 e. The van der Waals surface area contributed by atoms with Crippen LogP contribution in [0.1, 0.15) is 30.6 Å². The number of hydrogen-bond acceptors (Lipinski definition) is 1. The summed E-state index contributed by atoms with van der Waals surface area (Å²) in [5, 5.41) is 0. The molecular weight excluding hydrogens is 172 g/mol. The number of rotatable bonds is 3. The number of Topliss-reactive ketones (excluding diaryl/α,β-unsaturated/α-hetero) is 1. The van der Waals surface area contributed by atoms with Crippen LogP contribution in [0.4, 0.5) is 0 Å². The summed E-state index contributed by atoms with van der Waals surface area (Å²) in [6, 6.07) is 9.36. The number of ketones is 1. The van der Waals surface area contributed by atoms with Gasteiger partial charge in [-0.3, -0.25) is 4.79 Å². The molecule has 0 spiro atoms. The predicted octanol–water partition coefficient (Wildman–Crippen LogP) is 2.92. The van der Waals surface area contributed by atoms with E-state index in [1.807, 2.05) is 37.3 Å². The van der Waals surface area contributed by atoms with Crippen molar-refractivity contribution in [2.75, 3.05) is 0 Å². The molecule has 0 saturated heterocycles. The number of benzene rings is 1. The molecule has 0 amide bonds. The van der Waals surface area contributed by atoms with Gasteiger partial charge in [0, 0.05) is 17.9 Å². The van der Waals surface area contributed by atoms with Crippen LogP contribution in [0.15, 0.2) is 30.3 Å². The van der Waals surface area contributed by atoms with Gasteiger partial charge in [-0.1, -0.05) is 37.3 Å². The first kappa shape index (κ1) is 10.5. The van der Waals surface area contributed by atoms with Crippen molar-refractivity contribution in [3.63, 3.8) is 0 Å². The van der Waals surface area contributed by atoms with Gasteiger partial charge in [0.2, 0.25) is 0 Å². The second-order valence-electron chi connectivity index (χ2n) is 3.26. The fraction of sp³-hybridized carbons (Fsp3) is 0.308. The summed E-state index contributed by atoms with van der Waals surface area (Å²) in [6.07, 6.45) is 0.643. The molecule has 0 heterocycles. The second kappa shape index (κ2) is 5.24. The van der Waals surface area contributed by atoms with Gasteiger partial charge in [0.1, 0.15) is 0 Å². The Balaban J connectivity index is 2.69. The minimum Gasteiger partial charge on any atom is -0.294 e. The maximum atomic E-state index is 11.8. The van der Waals surface area contributed by atoms with Crippen molar-refractivity contribution in [3.05, 3.63) is 35.9 Å². The van der Waals surface area contributed by atoms with Crippen LogP contribution >= 0.6 is 0 Å². The van der Waals surface area contributed by atoms with Crippen molar-refractivity contribution >= 4 is 5.78 Å². The van der Waals surface area contributed by atoms with E-state index in [9.17, 15) is 4.79 Å². The lowest BCUT2D eigenvalue weighted by Crippen LogP contribution is -2.10.